The van der Waals surface area contributed by atoms with E-state index in [4.69, 9.17) is 20.9 Å². The number of hydrogen-bond donors (Lipinski definition) is 1. The zero-order valence-electron chi connectivity index (χ0n) is 17.7. The van der Waals surface area contributed by atoms with Crippen LogP contribution >= 0.6 is 11.6 Å². The summed E-state index contributed by atoms with van der Waals surface area (Å²) in [6.07, 6.45) is 1.79. The summed E-state index contributed by atoms with van der Waals surface area (Å²) in [6.45, 7) is 8.44. The largest absolute Gasteiger partial charge is 0.377 e. The fourth-order valence-electron chi connectivity index (χ4n) is 4.11. The molecule has 0 spiro atoms. The van der Waals surface area contributed by atoms with E-state index in [1.807, 2.05) is 12.1 Å². The molecule has 0 amide bonds. The highest BCUT2D eigenvalue weighted by molar-refractivity contribution is 6.35. The second-order valence-electron chi connectivity index (χ2n) is 8.22. The predicted octanol–water partition coefficient (Wildman–Crippen LogP) is 5.14. The van der Waals surface area contributed by atoms with Gasteiger partial charge in [-0.1, -0.05) is 22.8 Å². The van der Waals surface area contributed by atoms with Gasteiger partial charge in [-0.05, 0) is 50.6 Å². The molecule has 2 aromatic heterocycles. The quantitative estimate of drug-likeness (QED) is 0.473. The number of halogens is 1. The Kier molecular flexibility index (Phi) is 5.16. The third-order valence-electron chi connectivity index (χ3n) is 5.59. The minimum Gasteiger partial charge on any atom is -0.377 e. The Morgan fingerprint density at radius 1 is 1.19 bits per heavy atom. The van der Waals surface area contributed by atoms with Gasteiger partial charge in [0.15, 0.2) is 17.2 Å². The van der Waals surface area contributed by atoms with Crippen LogP contribution in [0.2, 0.25) is 5.02 Å². The number of rotatable bonds is 4. The molecule has 5 rings (SSSR count). The van der Waals surface area contributed by atoms with Crippen LogP contribution in [0.1, 0.15) is 20.8 Å². The van der Waals surface area contributed by atoms with Gasteiger partial charge >= 0.3 is 0 Å². The van der Waals surface area contributed by atoms with Crippen molar-refractivity contribution in [1.82, 2.24) is 15.4 Å². The Balaban J connectivity index is 1.62. The van der Waals surface area contributed by atoms with Crippen molar-refractivity contribution in [1.29, 1.82) is 0 Å². The zero-order valence-corrected chi connectivity index (χ0v) is 18.5. The molecule has 4 aromatic rings. The number of hydrogen-bond acceptors (Lipinski definition) is 7. The van der Waals surface area contributed by atoms with E-state index in [9.17, 15) is 0 Å². The standard InChI is InChI=1S/C23H24ClN5O2/c1-13(2)26-22-18-6-7-19(24)20(21(18)31-28-22)15-4-5-17-16(10-15)11-25-27-23(17)29-8-9-30-12-14(29)3/h4-7,10-11,13-14H,8-9,12H2,1-3H3,(H,26,28)/t14-/m0/s1. The van der Waals surface area contributed by atoms with Crippen molar-refractivity contribution >= 4 is 45.0 Å². The first-order valence-corrected chi connectivity index (χ1v) is 10.9. The fraction of sp³-hybridized carbons (Fsp3) is 0.348. The third kappa shape index (κ3) is 3.58. The molecule has 0 bridgehead atoms. The van der Waals surface area contributed by atoms with Crippen molar-refractivity contribution in [3.63, 3.8) is 0 Å². The highest BCUT2D eigenvalue weighted by atomic mass is 35.5. The Morgan fingerprint density at radius 3 is 2.84 bits per heavy atom. The number of ether oxygens (including phenoxy) is 1. The molecule has 2 aromatic carbocycles. The molecule has 0 saturated carbocycles. The minimum atomic E-state index is 0.243. The number of nitrogens with one attached hydrogen (secondary N) is 1. The average Bonchev–Trinajstić information content (AvgIpc) is 3.15. The summed E-state index contributed by atoms with van der Waals surface area (Å²) in [5, 5.41) is 19.8. The molecule has 1 aliphatic heterocycles. The van der Waals surface area contributed by atoms with Crippen LogP contribution in [0.4, 0.5) is 11.6 Å². The second kappa shape index (κ2) is 7.98. The number of nitrogens with zero attached hydrogens (tertiary/aromatic N) is 4. The molecule has 1 saturated heterocycles. The maximum absolute atomic E-state index is 6.62. The van der Waals surface area contributed by atoms with Crippen molar-refractivity contribution in [2.45, 2.75) is 32.9 Å². The Morgan fingerprint density at radius 2 is 2.03 bits per heavy atom. The number of benzene rings is 2. The second-order valence-corrected chi connectivity index (χ2v) is 8.62. The van der Waals surface area contributed by atoms with Crippen LogP contribution < -0.4 is 10.2 Å². The maximum Gasteiger partial charge on any atom is 0.178 e. The van der Waals surface area contributed by atoms with Crippen LogP contribution in [-0.4, -0.2) is 47.2 Å². The van der Waals surface area contributed by atoms with E-state index in [1.54, 1.807) is 6.20 Å². The van der Waals surface area contributed by atoms with Gasteiger partial charge in [-0.25, -0.2) is 0 Å². The van der Waals surface area contributed by atoms with Gasteiger partial charge in [0.2, 0.25) is 0 Å². The highest BCUT2D eigenvalue weighted by Crippen LogP contribution is 2.39. The predicted molar refractivity (Wildman–Crippen MR) is 124 cm³/mol. The summed E-state index contributed by atoms with van der Waals surface area (Å²) in [6, 6.07) is 10.5. The van der Waals surface area contributed by atoms with Crippen molar-refractivity contribution in [2.24, 2.45) is 0 Å². The van der Waals surface area contributed by atoms with E-state index in [-0.39, 0.29) is 12.1 Å². The molecule has 0 radical (unpaired) electrons. The van der Waals surface area contributed by atoms with E-state index in [0.717, 1.165) is 45.5 Å². The van der Waals surface area contributed by atoms with E-state index in [0.29, 0.717) is 23.8 Å². The van der Waals surface area contributed by atoms with Crippen molar-refractivity contribution < 1.29 is 9.26 Å². The molecule has 3 heterocycles. The Hall–Kier alpha value is -2.90. The fourth-order valence-corrected chi connectivity index (χ4v) is 4.37. The van der Waals surface area contributed by atoms with E-state index < -0.39 is 0 Å². The summed E-state index contributed by atoms with van der Waals surface area (Å²) < 4.78 is 11.3. The van der Waals surface area contributed by atoms with Gasteiger partial charge in [-0.15, -0.1) is 5.10 Å². The van der Waals surface area contributed by atoms with Gasteiger partial charge in [-0.3, -0.25) is 0 Å². The zero-order chi connectivity index (χ0) is 21.5. The van der Waals surface area contributed by atoms with Crippen molar-refractivity contribution in [3.8, 4) is 11.1 Å². The topological polar surface area (TPSA) is 76.3 Å². The molecule has 0 aliphatic carbocycles. The van der Waals surface area contributed by atoms with Gasteiger partial charge < -0.3 is 19.5 Å². The van der Waals surface area contributed by atoms with Gasteiger partial charge in [0.05, 0.1) is 35.9 Å². The number of morpholine rings is 1. The molecule has 160 valence electrons. The summed E-state index contributed by atoms with van der Waals surface area (Å²) >= 11 is 6.62. The van der Waals surface area contributed by atoms with Crippen molar-refractivity contribution in [3.05, 3.63) is 41.6 Å². The molecule has 1 N–H and O–H groups in total. The number of anilines is 2. The summed E-state index contributed by atoms with van der Waals surface area (Å²) in [7, 11) is 0. The van der Waals surface area contributed by atoms with Gasteiger partial charge in [0, 0.05) is 28.9 Å². The van der Waals surface area contributed by atoms with Gasteiger partial charge in [0.25, 0.3) is 0 Å². The lowest BCUT2D eigenvalue weighted by Crippen LogP contribution is -2.44. The van der Waals surface area contributed by atoms with Crippen LogP contribution in [0.3, 0.4) is 0 Å². The lowest BCUT2D eigenvalue weighted by molar-refractivity contribution is 0.0986. The monoisotopic (exact) mass is 437 g/mol. The number of aromatic nitrogens is 3. The first kappa shape index (κ1) is 20.0. The van der Waals surface area contributed by atoms with Crippen LogP contribution in [0.25, 0.3) is 32.9 Å². The van der Waals surface area contributed by atoms with Gasteiger partial charge in [0.1, 0.15) is 0 Å². The number of fused-ring (bicyclic) bond motifs is 2. The molecule has 1 aliphatic rings. The highest BCUT2D eigenvalue weighted by Gasteiger charge is 2.23. The smallest absolute Gasteiger partial charge is 0.178 e. The van der Waals surface area contributed by atoms with Crippen LogP contribution in [0.5, 0.6) is 0 Å². The van der Waals surface area contributed by atoms with Gasteiger partial charge in [-0.2, -0.15) is 5.10 Å². The SMILES string of the molecule is CC(C)Nc1noc2c(-c3ccc4c(N5CCOC[C@@H]5C)nncc4c3)c(Cl)ccc12. The molecule has 31 heavy (non-hydrogen) atoms. The molecule has 1 fully saturated rings. The molecule has 0 unspecified atom stereocenters. The van der Waals surface area contributed by atoms with E-state index in [2.05, 4.69) is 64.5 Å². The normalized spacial score (nSPS) is 17.1. The van der Waals surface area contributed by atoms with E-state index >= 15 is 0 Å². The molecule has 7 nitrogen and oxygen atoms in total. The maximum atomic E-state index is 6.62. The molecular formula is C23H24ClN5O2. The first-order valence-electron chi connectivity index (χ1n) is 10.5. The Bertz CT molecular complexity index is 1260. The Labute approximate surface area is 185 Å². The first-order chi connectivity index (χ1) is 15.0. The summed E-state index contributed by atoms with van der Waals surface area (Å²) in [4.78, 5) is 2.26. The molecular weight excluding hydrogens is 414 g/mol. The van der Waals surface area contributed by atoms with Crippen LogP contribution in [0.15, 0.2) is 41.1 Å². The molecule has 8 heteroatoms. The van der Waals surface area contributed by atoms with Crippen molar-refractivity contribution in [2.75, 3.05) is 30.0 Å². The lowest BCUT2D eigenvalue weighted by atomic mass is 10.00. The third-order valence-corrected chi connectivity index (χ3v) is 5.90. The molecule has 1 atom stereocenters. The van der Waals surface area contributed by atoms with Crippen LogP contribution in [0, 0.1) is 0 Å². The summed E-state index contributed by atoms with van der Waals surface area (Å²) in [5.41, 5.74) is 2.44. The summed E-state index contributed by atoms with van der Waals surface area (Å²) in [5.74, 6) is 1.60. The average molecular weight is 438 g/mol. The van der Waals surface area contributed by atoms with Crippen LogP contribution in [-0.2, 0) is 4.74 Å². The minimum absolute atomic E-state index is 0.243. The lowest BCUT2D eigenvalue weighted by Gasteiger charge is -2.34. The van der Waals surface area contributed by atoms with E-state index in [1.165, 1.54) is 0 Å².